The van der Waals surface area contributed by atoms with E-state index in [-0.39, 0.29) is 5.91 Å². The van der Waals surface area contributed by atoms with Crippen LogP contribution in [-0.4, -0.2) is 32.0 Å². The molecule has 1 aliphatic rings. The van der Waals surface area contributed by atoms with E-state index in [2.05, 4.69) is 27.4 Å². The molecule has 7 nitrogen and oxygen atoms in total. The highest BCUT2D eigenvalue weighted by Gasteiger charge is 2.31. The van der Waals surface area contributed by atoms with Gasteiger partial charge in [0.2, 0.25) is 5.91 Å². The molecule has 1 aromatic carbocycles. The first-order valence-corrected chi connectivity index (χ1v) is 9.34. The summed E-state index contributed by atoms with van der Waals surface area (Å²) in [5.41, 5.74) is 0.623. The van der Waals surface area contributed by atoms with Crippen molar-refractivity contribution in [1.29, 1.82) is 0 Å². The molecular formula is C18H21N5O2S. The number of nitrogens with zero attached hydrogens (tertiary/aromatic N) is 3. The molecule has 3 amide bonds. The van der Waals surface area contributed by atoms with Crippen molar-refractivity contribution in [3.05, 3.63) is 48.8 Å². The molecule has 1 saturated carbocycles. The third-order valence-electron chi connectivity index (χ3n) is 3.92. The smallest absolute Gasteiger partial charge is 0.308 e. The minimum atomic E-state index is -0.556. The summed E-state index contributed by atoms with van der Waals surface area (Å²) in [4.78, 5) is 24.3. The minimum absolute atomic E-state index is 0.385. The Hall–Kier alpha value is -2.61. The van der Waals surface area contributed by atoms with Crippen LogP contribution in [0.2, 0.25) is 0 Å². The summed E-state index contributed by atoms with van der Waals surface area (Å²) in [7, 11) is 0. The predicted octanol–water partition coefficient (Wildman–Crippen LogP) is 3.17. The number of benzene rings is 1. The van der Waals surface area contributed by atoms with Crippen LogP contribution in [-0.2, 0) is 11.3 Å². The minimum Gasteiger partial charge on any atom is -0.308 e. The molecule has 1 fully saturated rings. The first kappa shape index (κ1) is 18.2. The molecule has 26 heavy (non-hydrogen) atoms. The van der Waals surface area contributed by atoms with Gasteiger partial charge in [0.1, 0.15) is 5.82 Å². The average molecular weight is 371 g/mol. The molecule has 0 saturated heterocycles. The van der Waals surface area contributed by atoms with Crippen LogP contribution in [0.1, 0.15) is 31.5 Å². The van der Waals surface area contributed by atoms with Gasteiger partial charge in [0.05, 0.1) is 5.25 Å². The molecule has 2 N–H and O–H groups in total. The molecular weight excluding hydrogens is 350 g/mol. The Morgan fingerprint density at radius 3 is 2.73 bits per heavy atom. The van der Waals surface area contributed by atoms with Gasteiger partial charge in [0.15, 0.2) is 5.16 Å². The molecule has 1 heterocycles. The first-order valence-electron chi connectivity index (χ1n) is 8.46. The number of anilines is 1. The summed E-state index contributed by atoms with van der Waals surface area (Å²) in [6, 6.07) is 8.40. The SMILES string of the molecule is C=CCn1c(SC(C)C(=O)NC(=O)Nc2ccccc2)nnc1C1CC1. The molecule has 0 aliphatic heterocycles. The van der Waals surface area contributed by atoms with E-state index in [9.17, 15) is 9.59 Å². The van der Waals surface area contributed by atoms with Crippen molar-refractivity contribution in [2.24, 2.45) is 0 Å². The lowest BCUT2D eigenvalue weighted by atomic mass is 10.3. The lowest BCUT2D eigenvalue weighted by molar-refractivity contribution is -0.119. The fourth-order valence-electron chi connectivity index (χ4n) is 2.44. The van der Waals surface area contributed by atoms with Crippen molar-refractivity contribution in [1.82, 2.24) is 20.1 Å². The number of carbonyl (C=O) groups excluding carboxylic acids is 2. The quantitative estimate of drug-likeness (QED) is 0.576. The van der Waals surface area contributed by atoms with E-state index in [0.29, 0.717) is 23.3 Å². The Kier molecular flexibility index (Phi) is 5.72. The number of para-hydroxylation sites is 1. The van der Waals surface area contributed by atoms with Crippen molar-refractivity contribution in [2.75, 3.05) is 5.32 Å². The Bertz CT molecular complexity index is 801. The second-order valence-corrected chi connectivity index (χ2v) is 7.39. The van der Waals surface area contributed by atoms with Gasteiger partial charge >= 0.3 is 6.03 Å². The fourth-order valence-corrected chi connectivity index (χ4v) is 3.31. The second-order valence-electron chi connectivity index (χ2n) is 6.08. The van der Waals surface area contributed by atoms with Crippen LogP contribution >= 0.6 is 11.8 Å². The number of amides is 3. The second kappa shape index (κ2) is 8.18. The van der Waals surface area contributed by atoms with E-state index in [0.717, 1.165) is 18.7 Å². The van der Waals surface area contributed by atoms with Gasteiger partial charge in [0, 0.05) is 18.2 Å². The number of hydrogen-bond acceptors (Lipinski definition) is 5. The zero-order chi connectivity index (χ0) is 18.5. The highest BCUT2D eigenvalue weighted by Crippen LogP contribution is 2.40. The largest absolute Gasteiger partial charge is 0.325 e. The zero-order valence-corrected chi connectivity index (χ0v) is 15.3. The summed E-state index contributed by atoms with van der Waals surface area (Å²) >= 11 is 1.28. The van der Waals surface area contributed by atoms with Crippen molar-refractivity contribution in [3.63, 3.8) is 0 Å². The maximum Gasteiger partial charge on any atom is 0.325 e. The summed E-state index contributed by atoms with van der Waals surface area (Å²) in [5.74, 6) is 1.02. The molecule has 8 heteroatoms. The van der Waals surface area contributed by atoms with E-state index in [1.807, 2.05) is 10.6 Å². The first-order chi connectivity index (χ1) is 12.6. The molecule has 136 valence electrons. The van der Waals surface area contributed by atoms with E-state index in [1.54, 1.807) is 37.3 Å². The van der Waals surface area contributed by atoms with Crippen molar-refractivity contribution >= 4 is 29.4 Å². The Labute approximate surface area is 156 Å². The Morgan fingerprint density at radius 1 is 1.35 bits per heavy atom. The van der Waals surface area contributed by atoms with Gasteiger partial charge in [-0.3, -0.25) is 10.1 Å². The summed E-state index contributed by atoms with van der Waals surface area (Å²) in [6.45, 7) is 6.11. The van der Waals surface area contributed by atoms with Crippen LogP contribution in [0.25, 0.3) is 0 Å². The molecule has 2 aromatic rings. The molecule has 3 rings (SSSR count). The van der Waals surface area contributed by atoms with Gasteiger partial charge in [-0.05, 0) is 31.9 Å². The lowest BCUT2D eigenvalue weighted by Gasteiger charge is -2.12. The van der Waals surface area contributed by atoms with Crippen molar-refractivity contribution in [2.45, 2.75) is 42.6 Å². The van der Waals surface area contributed by atoms with Gasteiger partial charge in [-0.1, -0.05) is 36.0 Å². The number of allylic oxidation sites excluding steroid dienone is 1. The van der Waals surface area contributed by atoms with Crippen LogP contribution in [0, 0.1) is 0 Å². The zero-order valence-electron chi connectivity index (χ0n) is 14.5. The monoisotopic (exact) mass is 371 g/mol. The molecule has 1 aromatic heterocycles. The molecule has 1 aliphatic carbocycles. The van der Waals surface area contributed by atoms with Gasteiger partial charge in [-0.15, -0.1) is 16.8 Å². The normalized spacial score (nSPS) is 14.5. The number of imide groups is 1. The van der Waals surface area contributed by atoms with Gasteiger partial charge in [-0.25, -0.2) is 4.79 Å². The van der Waals surface area contributed by atoms with Crippen molar-refractivity contribution < 1.29 is 9.59 Å². The highest BCUT2D eigenvalue weighted by molar-refractivity contribution is 8.00. The summed E-state index contributed by atoms with van der Waals surface area (Å²) in [6.07, 6.45) is 4.03. The predicted molar refractivity (Wildman–Crippen MR) is 101 cm³/mol. The number of carbonyl (C=O) groups is 2. The van der Waals surface area contributed by atoms with Gasteiger partial charge in [-0.2, -0.15) is 0 Å². The maximum atomic E-state index is 12.3. The Morgan fingerprint density at radius 2 is 2.08 bits per heavy atom. The Balaban J connectivity index is 1.59. The van der Waals surface area contributed by atoms with Crippen LogP contribution in [0.5, 0.6) is 0 Å². The highest BCUT2D eigenvalue weighted by atomic mass is 32.2. The molecule has 1 atom stereocenters. The summed E-state index contributed by atoms with van der Waals surface area (Å²) < 4.78 is 1.99. The van der Waals surface area contributed by atoms with Crippen molar-refractivity contribution in [3.8, 4) is 0 Å². The number of rotatable bonds is 7. The van der Waals surface area contributed by atoms with E-state index < -0.39 is 11.3 Å². The molecule has 1 unspecified atom stereocenters. The van der Waals surface area contributed by atoms with E-state index >= 15 is 0 Å². The van der Waals surface area contributed by atoms with Gasteiger partial charge in [0.25, 0.3) is 0 Å². The third kappa shape index (κ3) is 4.51. The standard InChI is InChI=1S/C18H21N5O2S/c1-3-11-23-15(13-9-10-13)21-22-18(23)26-12(2)16(24)20-17(25)19-14-7-5-4-6-8-14/h3-8,12-13H,1,9-11H2,2H3,(H2,19,20,24,25). The number of nitrogens with one attached hydrogen (secondary N) is 2. The topological polar surface area (TPSA) is 88.9 Å². The number of aromatic nitrogens is 3. The summed E-state index contributed by atoms with van der Waals surface area (Å²) in [5, 5.41) is 13.6. The third-order valence-corrected chi connectivity index (χ3v) is 5.00. The number of thioether (sulfide) groups is 1. The van der Waals surface area contributed by atoms with E-state index in [1.165, 1.54) is 11.8 Å². The van der Waals surface area contributed by atoms with Crippen LogP contribution in [0.3, 0.4) is 0 Å². The number of hydrogen-bond donors (Lipinski definition) is 2. The number of urea groups is 1. The lowest BCUT2D eigenvalue weighted by Crippen LogP contribution is -2.39. The molecule has 0 radical (unpaired) electrons. The fraction of sp³-hybridized carbons (Fsp3) is 0.333. The van der Waals surface area contributed by atoms with Crippen LogP contribution in [0.4, 0.5) is 10.5 Å². The molecule has 0 spiro atoms. The molecule has 0 bridgehead atoms. The van der Waals surface area contributed by atoms with Crippen LogP contribution in [0.15, 0.2) is 48.1 Å². The average Bonchev–Trinajstić information content (AvgIpc) is 3.39. The maximum absolute atomic E-state index is 12.3. The van der Waals surface area contributed by atoms with E-state index in [4.69, 9.17) is 0 Å². The van der Waals surface area contributed by atoms with Gasteiger partial charge < -0.3 is 9.88 Å². The van der Waals surface area contributed by atoms with Crippen LogP contribution < -0.4 is 10.6 Å².